The van der Waals surface area contributed by atoms with Gasteiger partial charge in [0, 0.05) is 19.1 Å². The lowest BCUT2D eigenvalue weighted by atomic mass is 9.90. The molecule has 4 heteroatoms. The van der Waals surface area contributed by atoms with Crippen LogP contribution in [0.25, 0.3) is 0 Å². The van der Waals surface area contributed by atoms with E-state index in [2.05, 4.69) is 24.1 Å². The number of carbonyl (C=O) groups excluding carboxylic acids is 1. The number of nitrogens with one attached hydrogen (secondary N) is 1. The largest absolute Gasteiger partial charge is 0.450 e. The van der Waals surface area contributed by atoms with Crippen LogP contribution in [0.3, 0.4) is 0 Å². The number of unbranched alkanes of at least 4 members (excludes halogenated alkanes) is 1. The molecular weight excluding hydrogens is 228 g/mol. The van der Waals surface area contributed by atoms with E-state index in [0.717, 1.165) is 19.5 Å². The average Bonchev–Trinajstić information content (AvgIpc) is 2.36. The van der Waals surface area contributed by atoms with Gasteiger partial charge in [-0.25, -0.2) is 4.79 Å². The lowest BCUT2D eigenvalue weighted by molar-refractivity contribution is 0.116. The van der Waals surface area contributed by atoms with Crippen molar-refractivity contribution in [2.24, 2.45) is 5.92 Å². The maximum Gasteiger partial charge on any atom is 0.407 e. The summed E-state index contributed by atoms with van der Waals surface area (Å²) < 4.78 is 4.96. The number of rotatable bonds is 6. The molecule has 0 aromatic carbocycles. The van der Waals surface area contributed by atoms with Crippen LogP contribution in [0.1, 0.15) is 46.5 Å². The first-order valence-electron chi connectivity index (χ1n) is 7.35. The minimum Gasteiger partial charge on any atom is -0.450 e. The highest BCUT2D eigenvalue weighted by atomic mass is 16.5. The third-order valence-electron chi connectivity index (χ3n) is 3.62. The first-order valence-corrected chi connectivity index (χ1v) is 7.35. The standard InChI is InChI=1S/C14H28N2O2/c1-4-7-8-12-9-13(11-16(5-2)10-12)15-14(17)18-6-3/h12-13H,4-11H2,1-3H3,(H,15,17). The summed E-state index contributed by atoms with van der Waals surface area (Å²) in [6, 6.07) is 0.250. The van der Waals surface area contributed by atoms with Crippen LogP contribution in [-0.2, 0) is 4.74 Å². The topological polar surface area (TPSA) is 41.6 Å². The molecule has 1 saturated heterocycles. The Morgan fingerprint density at radius 2 is 2.11 bits per heavy atom. The molecule has 106 valence electrons. The highest BCUT2D eigenvalue weighted by Crippen LogP contribution is 2.22. The summed E-state index contributed by atoms with van der Waals surface area (Å²) in [5, 5.41) is 2.99. The molecule has 1 aliphatic heterocycles. The minimum absolute atomic E-state index is 0.250. The Morgan fingerprint density at radius 3 is 2.72 bits per heavy atom. The fraction of sp³-hybridized carbons (Fsp3) is 0.929. The SMILES string of the molecule is CCCCC1CC(NC(=O)OCC)CN(CC)C1. The lowest BCUT2D eigenvalue weighted by Gasteiger charge is -2.37. The molecule has 1 heterocycles. The predicted octanol–water partition coefficient (Wildman–Crippen LogP) is 2.63. The van der Waals surface area contributed by atoms with Crippen molar-refractivity contribution < 1.29 is 9.53 Å². The summed E-state index contributed by atoms with van der Waals surface area (Å²) in [4.78, 5) is 13.9. The van der Waals surface area contributed by atoms with Crippen molar-refractivity contribution in [2.45, 2.75) is 52.5 Å². The van der Waals surface area contributed by atoms with Gasteiger partial charge in [-0.15, -0.1) is 0 Å². The second-order valence-electron chi connectivity index (χ2n) is 5.16. The van der Waals surface area contributed by atoms with E-state index in [1.165, 1.54) is 25.8 Å². The van der Waals surface area contributed by atoms with Crippen LogP contribution in [0.5, 0.6) is 0 Å². The molecule has 0 spiro atoms. The Balaban J connectivity index is 2.43. The Hall–Kier alpha value is -0.770. The van der Waals surface area contributed by atoms with Gasteiger partial charge in [-0.1, -0.05) is 26.7 Å². The van der Waals surface area contributed by atoms with Crippen LogP contribution in [-0.4, -0.2) is 43.3 Å². The highest BCUT2D eigenvalue weighted by molar-refractivity contribution is 5.67. The van der Waals surface area contributed by atoms with Crippen molar-refractivity contribution >= 4 is 6.09 Å². The third-order valence-corrected chi connectivity index (χ3v) is 3.62. The Bertz CT molecular complexity index is 246. The number of piperidine rings is 1. The van der Waals surface area contributed by atoms with Crippen LogP contribution in [0.4, 0.5) is 4.79 Å². The molecule has 1 aliphatic rings. The molecule has 18 heavy (non-hydrogen) atoms. The first kappa shape index (κ1) is 15.3. The van der Waals surface area contributed by atoms with E-state index in [1.807, 2.05) is 6.92 Å². The number of carbonyl (C=O) groups is 1. The van der Waals surface area contributed by atoms with E-state index in [-0.39, 0.29) is 12.1 Å². The van der Waals surface area contributed by atoms with Gasteiger partial charge in [0.2, 0.25) is 0 Å². The van der Waals surface area contributed by atoms with Gasteiger partial charge in [-0.2, -0.15) is 0 Å². The Labute approximate surface area is 111 Å². The van der Waals surface area contributed by atoms with Crippen molar-refractivity contribution in [3.8, 4) is 0 Å². The second-order valence-corrected chi connectivity index (χ2v) is 5.16. The highest BCUT2D eigenvalue weighted by Gasteiger charge is 2.27. The average molecular weight is 256 g/mol. The molecule has 0 saturated carbocycles. The van der Waals surface area contributed by atoms with E-state index in [9.17, 15) is 4.79 Å². The van der Waals surface area contributed by atoms with E-state index in [4.69, 9.17) is 4.74 Å². The van der Waals surface area contributed by atoms with Gasteiger partial charge in [-0.05, 0) is 32.2 Å². The number of nitrogens with zero attached hydrogens (tertiary/aromatic N) is 1. The zero-order valence-electron chi connectivity index (χ0n) is 12.1. The summed E-state index contributed by atoms with van der Waals surface area (Å²) in [7, 11) is 0. The summed E-state index contributed by atoms with van der Waals surface area (Å²) in [6.07, 6.45) is 4.63. The van der Waals surface area contributed by atoms with Crippen molar-refractivity contribution in [3.63, 3.8) is 0 Å². The van der Waals surface area contributed by atoms with E-state index >= 15 is 0 Å². The van der Waals surface area contributed by atoms with Crippen LogP contribution >= 0.6 is 0 Å². The molecular formula is C14H28N2O2. The molecule has 1 rings (SSSR count). The molecule has 1 amide bonds. The molecule has 1 N–H and O–H groups in total. The zero-order chi connectivity index (χ0) is 13.4. The predicted molar refractivity (Wildman–Crippen MR) is 73.7 cm³/mol. The van der Waals surface area contributed by atoms with E-state index in [0.29, 0.717) is 12.5 Å². The quantitative estimate of drug-likeness (QED) is 0.794. The van der Waals surface area contributed by atoms with Crippen molar-refractivity contribution in [2.75, 3.05) is 26.2 Å². The van der Waals surface area contributed by atoms with Crippen LogP contribution in [0, 0.1) is 5.92 Å². The van der Waals surface area contributed by atoms with Gasteiger partial charge in [-0.3, -0.25) is 0 Å². The molecule has 2 unspecified atom stereocenters. The number of ether oxygens (including phenoxy) is 1. The molecule has 0 aromatic heterocycles. The van der Waals surface area contributed by atoms with Gasteiger partial charge < -0.3 is 15.0 Å². The van der Waals surface area contributed by atoms with Gasteiger partial charge >= 0.3 is 6.09 Å². The number of amides is 1. The van der Waals surface area contributed by atoms with Gasteiger partial charge in [0.1, 0.15) is 0 Å². The monoisotopic (exact) mass is 256 g/mol. The molecule has 0 radical (unpaired) electrons. The van der Waals surface area contributed by atoms with Crippen LogP contribution in [0.2, 0.25) is 0 Å². The number of likely N-dealkylation sites (tertiary alicyclic amines) is 1. The van der Waals surface area contributed by atoms with Crippen LogP contribution < -0.4 is 5.32 Å². The smallest absolute Gasteiger partial charge is 0.407 e. The third kappa shape index (κ3) is 5.25. The zero-order valence-corrected chi connectivity index (χ0v) is 12.1. The maximum atomic E-state index is 11.5. The number of alkyl carbamates (subject to hydrolysis) is 1. The molecule has 0 bridgehead atoms. The van der Waals surface area contributed by atoms with Crippen molar-refractivity contribution in [1.82, 2.24) is 10.2 Å². The van der Waals surface area contributed by atoms with Gasteiger partial charge in [0.15, 0.2) is 0 Å². The molecule has 1 fully saturated rings. The Kier molecular flexibility index (Phi) is 7.09. The van der Waals surface area contributed by atoms with E-state index in [1.54, 1.807) is 0 Å². The normalized spacial score (nSPS) is 24.8. The van der Waals surface area contributed by atoms with Crippen LogP contribution in [0.15, 0.2) is 0 Å². The van der Waals surface area contributed by atoms with Crippen molar-refractivity contribution in [1.29, 1.82) is 0 Å². The van der Waals surface area contributed by atoms with E-state index < -0.39 is 0 Å². The number of hydrogen-bond acceptors (Lipinski definition) is 3. The first-order chi connectivity index (χ1) is 8.69. The summed E-state index contributed by atoms with van der Waals surface area (Å²) in [5.41, 5.74) is 0. The second kappa shape index (κ2) is 8.35. The maximum absolute atomic E-state index is 11.5. The lowest BCUT2D eigenvalue weighted by Crippen LogP contribution is -2.50. The molecule has 0 aromatic rings. The molecule has 4 nitrogen and oxygen atoms in total. The summed E-state index contributed by atoms with van der Waals surface area (Å²) in [6.45, 7) is 9.88. The summed E-state index contributed by atoms with van der Waals surface area (Å²) in [5.74, 6) is 0.713. The number of likely N-dealkylation sites (N-methyl/N-ethyl adjacent to an activating group) is 1. The van der Waals surface area contributed by atoms with Gasteiger partial charge in [0.25, 0.3) is 0 Å². The summed E-state index contributed by atoms with van der Waals surface area (Å²) >= 11 is 0. The molecule has 0 aliphatic carbocycles. The molecule has 2 atom stereocenters. The fourth-order valence-electron chi connectivity index (χ4n) is 2.71. The Morgan fingerprint density at radius 1 is 1.33 bits per heavy atom. The number of hydrogen-bond donors (Lipinski definition) is 1. The van der Waals surface area contributed by atoms with Gasteiger partial charge in [0.05, 0.1) is 6.61 Å². The fourth-order valence-corrected chi connectivity index (χ4v) is 2.71. The van der Waals surface area contributed by atoms with Crippen molar-refractivity contribution in [3.05, 3.63) is 0 Å². The minimum atomic E-state index is -0.269.